The SMILES string of the molecule is CCCC[C@H]1C(=O)N(C)[C@@H](CCCC)C(=O)N[C@@H](CC(C)C)C(=O)NCCC[C@H](N)C(=O)N[C@@H](Cc2ccc(O)cc2)C(=O)N2CCCC[C@H]2C(=O)N[C@@H](CC(N)=O)C(=O)N2CCC[C@H]2C(=O)N[C@@H](CN)C(=O)N[C@@H](CCC(=O)O)C(=O)N2C[C@H](O)C[C@H]2C(=O)C[C@@H](Cc2c[nH]c3ccccc23)C(=O)N[C@@H](CCN)C(=O)N[C@@H](Cc2cn(CC(=O)O)c3ccccc23)C(=O)N1C. The maximum Gasteiger partial charge on any atom is 0.323 e. The molecule has 40 nitrogen and oxygen atoms in total. The number of H-pyrrole nitrogens is 1. The van der Waals surface area contributed by atoms with Crippen LogP contribution >= 0.6 is 0 Å². The number of ketones is 1. The van der Waals surface area contributed by atoms with Crippen molar-refractivity contribution in [2.75, 3.05) is 53.4 Å². The highest BCUT2D eigenvalue weighted by atomic mass is 16.4. The molecule has 2 aromatic heterocycles. The number of aliphatic carboxylic acids is 2. The number of piperidine rings is 1. The number of para-hydroxylation sites is 2. The van der Waals surface area contributed by atoms with Crippen molar-refractivity contribution in [2.45, 2.75) is 267 Å². The summed E-state index contributed by atoms with van der Waals surface area (Å²) in [5.41, 5.74) is 27.2. The molecule has 15 atom stereocenters. The summed E-state index contributed by atoms with van der Waals surface area (Å²) in [5.74, 6) is -17.5. The number of carboxylic acids is 2. The number of phenols is 1. The van der Waals surface area contributed by atoms with Crippen molar-refractivity contribution in [3.05, 3.63) is 102 Å². The lowest BCUT2D eigenvalue weighted by Crippen LogP contribution is -2.62. The van der Waals surface area contributed by atoms with Gasteiger partial charge in [0.25, 0.3) is 0 Å². The van der Waals surface area contributed by atoms with Crippen LogP contribution in [0.5, 0.6) is 5.75 Å². The number of amides is 14. The number of nitrogens with two attached hydrogens (primary N) is 4. The number of aromatic nitrogens is 2. The first-order valence-corrected chi connectivity index (χ1v) is 45.3. The van der Waals surface area contributed by atoms with Crippen LogP contribution in [0.1, 0.15) is 173 Å². The van der Waals surface area contributed by atoms with Gasteiger partial charge < -0.3 is 120 Å². The Bertz CT molecular complexity index is 4920. The summed E-state index contributed by atoms with van der Waals surface area (Å²) in [6.45, 7) is 5.22. The lowest BCUT2D eigenvalue weighted by Gasteiger charge is -2.38. The molecule has 714 valence electrons. The van der Waals surface area contributed by atoms with E-state index in [2.05, 4.69) is 47.5 Å². The first kappa shape index (κ1) is 102. The van der Waals surface area contributed by atoms with Gasteiger partial charge in [0.1, 0.15) is 78.8 Å². The van der Waals surface area contributed by atoms with Crippen molar-refractivity contribution in [2.24, 2.45) is 34.8 Å². The molecule has 0 unspecified atom stereocenters. The van der Waals surface area contributed by atoms with E-state index in [1.807, 2.05) is 27.7 Å². The van der Waals surface area contributed by atoms with Gasteiger partial charge in [0.05, 0.1) is 24.6 Å². The number of aromatic amines is 1. The quantitative estimate of drug-likeness (QED) is 0.0374. The number of carbonyl (C=O) groups excluding carboxylic acids is 15. The molecule has 0 bridgehead atoms. The van der Waals surface area contributed by atoms with Crippen LogP contribution in [-0.4, -0.2) is 293 Å². The maximum atomic E-state index is 15.9. The third-order valence-corrected chi connectivity index (χ3v) is 24.8. The zero-order valence-electron chi connectivity index (χ0n) is 75.3. The number of rotatable bonds is 24. The zero-order valence-corrected chi connectivity index (χ0v) is 75.3. The van der Waals surface area contributed by atoms with Gasteiger partial charge in [0.2, 0.25) is 82.7 Å². The summed E-state index contributed by atoms with van der Waals surface area (Å²) >= 11 is 0. The molecule has 21 N–H and O–H groups in total. The van der Waals surface area contributed by atoms with Crippen LogP contribution in [0.25, 0.3) is 21.8 Å². The summed E-state index contributed by atoms with van der Waals surface area (Å²) in [7, 11) is 2.78. The normalized spacial score (nSPS) is 25.8. The average Bonchev–Trinajstić information content (AvgIpc) is 1.66. The van der Waals surface area contributed by atoms with Crippen molar-refractivity contribution in [1.82, 2.24) is 76.6 Å². The van der Waals surface area contributed by atoms with E-state index in [4.69, 9.17) is 22.9 Å². The summed E-state index contributed by atoms with van der Waals surface area (Å²) in [4.78, 5) is 257. The third-order valence-electron chi connectivity index (χ3n) is 24.8. The van der Waals surface area contributed by atoms with Gasteiger partial charge in [-0.2, -0.15) is 0 Å². The highest BCUT2D eigenvalue weighted by molar-refractivity contribution is 6.02. The number of phenolic OH excluding ortho intramolecular Hbond substituents is 1. The van der Waals surface area contributed by atoms with Crippen LogP contribution in [0.2, 0.25) is 0 Å². The van der Waals surface area contributed by atoms with Crippen molar-refractivity contribution in [1.29, 1.82) is 0 Å². The largest absolute Gasteiger partial charge is 0.508 e. The molecule has 0 spiro atoms. The van der Waals surface area contributed by atoms with Gasteiger partial charge in [0.15, 0.2) is 5.78 Å². The zero-order chi connectivity index (χ0) is 95.6. The monoisotopic (exact) mass is 1820 g/mol. The lowest BCUT2D eigenvalue weighted by molar-refractivity contribution is -0.149. The number of fused-ring (bicyclic) bond motifs is 5. The van der Waals surface area contributed by atoms with Gasteiger partial charge in [-0.3, -0.25) is 81.5 Å². The smallest absolute Gasteiger partial charge is 0.323 e. The number of nitrogens with zero attached hydrogens (tertiary/aromatic N) is 6. The van der Waals surface area contributed by atoms with Crippen molar-refractivity contribution in [3.8, 4) is 5.75 Å². The second-order valence-electron chi connectivity index (χ2n) is 35.1. The van der Waals surface area contributed by atoms with E-state index in [1.54, 1.807) is 54.7 Å². The molecule has 9 rings (SSSR count). The number of carboxylic acid groups (broad SMARTS) is 2. The third kappa shape index (κ3) is 27.6. The van der Waals surface area contributed by atoms with Crippen LogP contribution in [0.15, 0.2) is 85.2 Å². The van der Waals surface area contributed by atoms with Gasteiger partial charge in [0, 0.05) is 119 Å². The highest BCUT2D eigenvalue weighted by Crippen LogP contribution is 2.31. The second kappa shape index (κ2) is 48.5. The number of likely N-dealkylation sites (N-methyl/N-ethyl adjacent to an activating group) is 2. The van der Waals surface area contributed by atoms with Crippen LogP contribution in [0.4, 0.5) is 0 Å². The van der Waals surface area contributed by atoms with E-state index in [0.717, 1.165) is 9.80 Å². The van der Waals surface area contributed by atoms with Crippen molar-refractivity contribution in [3.63, 3.8) is 0 Å². The highest BCUT2D eigenvalue weighted by Gasteiger charge is 2.47. The molecule has 131 heavy (non-hydrogen) atoms. The van der Waals surface area contributed by atoms with Gasteiger partial charge in [-0.1, -0.05) is 102 Å². The van der Waals surface area contributed by atoms with Gasteiger partial charge in [-0.15, -0.1) is 0 Å². The summed E-state index contributed by atoms with van der Waals surface area (Å²) in [6, 6.07) is 0.341. The standard InChI is InChI=1S/C91H129N19O21/c1-7-9-23-70-84(124)100-64(39-51(3)4)81(121)96-36-17-21-60(94)80(120)101-65(40-52-28-30-56(111)31-29-52)89(129)108-37-16-15-26-71(108)85(125)103-67(45-76(95)114)90(130)109-38-18-27-72(109)86(126)104-68(46-93)83(123)99-63(32-33-77(115)116)88(128)110-49-57(112)44-74(110)75(113)43-53(41-54-47-97-61-22-13-11-19-58(54)61)79(119)98-62(34-35-92)82(122)102-66(87(127)106(6)73(24-10-8-2)91(131)105(70)5)42-55-48-107(50-78(117)118)69-25-14-12-20-59(55)69/h11-14,19-20,22,25,28-31,47-48,51,53,57,60,62-68,70-74,97,111-112H,7-10,15-18,21,23-24,26-27,32-46,49-50,92-94H2,1-6H3,(H2,95,114)(H,96,121)(H,98,119)(H,99,123)(H,100,124)(H,101,120)(H,102,122)(H,103,125)(H,104,126)(H,115,116)(H,117,118)/t53-,57-,60+,62+,63+,64+,65+,66+,67+,68+,70+,71+,72+,73+,74+/m1/s1. The molecular formula is C91H129N19O21. The van der Waals surface area contributed by atoms with E-state index in [1.165, 1.54) is 63.8 Å². The number of nitrogens with one attached hydrogen (secondary N) is 9. The van der Waals surface area contributed by atoms with Gasteiger partial charge >= 0.3 is 11.9 Å². The van der Waals surface area contributed by atoms with Crippen LogP contribution in [-0.2, 0) is 107 Å². The van der Waals surface area contributed by atoms with Gasteiger partial charge in [-0.05, 0) is 137 Å². The number of unbranched alkanes of at least 4 members (excludes halogenated alkanes) is 2. The fourth-order valence-electron chi connectivity index (χ4n) is 17.8. The summed E-state index contributed by atoms with van der Waals surface area (Å²) in [6.07, 6.45) is 0.471. The van der Waals surface area contributed by atoms with E-state index in [9.17, 15) is 63.6 Å². The summed E-state index contributed by atoms with van der Waals surface area (Å²) in [5, 5.41) is 64.6. The van der Waals surface area contributed by atoms with E-state index in [0.29, 0.717) is 77.0 Å². The molecule has 3 aromatic carbocycles. The Kier molecular flexibility index (Phi) is 37.8. The second-order valence-corrected chi connectivity index (χ2v) is 35.1. The minimum absolute atomic E-state index is 0.0302. The molecule has 4 fully saturated rings. The predicted molar refractivity (Wildman–Crippen MR) is 479 cm³/mol. The first-order chi connectivity index (χ1) is 62.4. The van der Waals surface area contributed by atoms with E-state index in [-0.39, 0.29) is 115 Å². The Hall–Kier alpha value is -12.4. The predicted octanol–water partition coefficient (Wildman–Crippen LogP) is -0.391. The van der Waals surface area contributed by atoms with E-state index < -0.39 is 243 Å². The Morgan fingerprint density at radius 3 is 1.75 bits per heavy atom. The molecule has 6 heterocycles. The fraction of sp³-hybridized carbons (Fsp3) is 0.571. The number of aromatic hydroxyl groups is 1. The fourth-order valence-corrected chi connectivity index (χ4v) is 17.8. The average molecular weight is 1830 g/mol. The molecule has 4 saturated heterocycles. The molecule has 0 radical (unpaired) electrons. The number of aliphatic hydroxyl groups excluding tert-OH is 1. The summed E-state index contributed by atoms with van der Waals surface area (Å²) < 4.78 is 1.45. The molecule has 4 aliphatic heterocycles. The molecule has 4 aliphatic rings. The molecule has 0 saturated carbocycles. The molecule has 40 heteroatoms. The number of primary amides is 1. The van der Waals surface area contributed by atoms with Gasteiger partial charge in [-0.25, -0.2) is 0 Å². The number of hydrogen-bond acceptors (Lipinski definition) is 22. The van der Waals surface area contributed by atoms with E-state index >= 15 is 38.4 Å². The molecular weight excluding hydrogens is 1700 g/mol. The minimum atomic E-state index is -1.80. The lowest BCUT2D eigenvalue weighted by atomic mass is 9.90. The number of Topliss-reactive ketones (excluding diaryl/α,β-unsaturated/α-hetero) is 1. The Morgan fingerprint density at radius 2 is 1.10 bits per heavy atom. The molecule has 5 aromatic rings. The Balaban J connectivity index is 1.09. The number of aliphatic hydroxyl groups is 1. The van der Waals surface area contributed by atoms with Crippen molar-refractivity contribution >= 4 is 122 Å². The number of benzene rings is 3. The number of carbonyl (C=O) groups is 17. The Labute approximate surface area is 759 Å². The number of hydrogen-bond donors (Lipinski definition) is 17. The van der Waals surface area contributed by atoms with Crippen LogP contribution in [0.3, 0.4) is 0 Å². The Morgan fingerprint density at radius 1 is 0.527 bits per heavy atom. The topological polar surface area (TPSA) is 608 Å². The first-order valence-electron chi connectivity index (χ1n) is 45.3. The van der Waals surface area contributed by atoms with Crippen LogP contribution in [0, 0.1) is 11.8 Å². The van der Waals surface area contributed by atoms with Crippen molar-refractivity contribution < 1.29 is 102 Å². The molecule has 0 aliphatic carbocycles. The maximum absolute atomic E-state index is 15.9. The van der Waals surface area contributed by atoms with Crippen LogP contribution < -0.4 is 65.5 Å². The minimum Gasteiger partial charge on any atom is -0.508 e. The molecule has 14 amide bonds.